The van der Waals surface area contributed by atoms with E-state index in [1.807, 2.05) is 6.07 Å². The van der Waals surface area contributed by atoms with Gasteiger partial charge < -0.3 is 10.1 Å². The molecule has 0 unspecified atom stereocenters. The standard InChI is InChI=1S/C24H26ClFN2O2/c1-2-3-4-5-6-7-14-30-23-13-8-20(25)16-18(23)15-19(17-27)24(29)28-22-11-9-21(26)10-12-22/h8-13,15-16H,2-7,14H2,1H3,(H,28,29)/b19-15+. The van der Waals surface area contributed by atoms with Crippen LogP contribution in [0.2, 0.25) is 5.02 Å². The number of nitrogens with zero attached hydrogens (tertiary/aromatic N) is 1. The molecule has 30 heavy (non-hydrogen) atoms. The maximum atomic E-state index is 13.0. The number of benzene rings is 2. The van der Waals surface area contributed by atoms with E-state index in [0.29, 0.717) is 28.6 Å². The minimum absolute atomic E-state index is 0.106. The average Bonchev–Trinajstić information content (AvgIpc) is 2.74. The second kappa shape index (κ2) is 12.7. The summed E-state index contributed by atoms with van der Waals surface area (Å²) >= 11 is 6.10. The minimum Gasteiger partial charge on any atom is -0.493 e. The molecule has 0 bridgehead atoms. The van der Waals surface area contributed by atoms with Gasteiger partial charge in [0.25, 0.3) is 5.91 Å². The van der Waals surface area contributed by atoms with Crippen molar-refractivity contribution < 1.29 is 13.9 Å². The number of halogens is 2. The van der Waals surface area contributed by atoms with Gasteiger partial charge in [-0.2, -0.15) is 5.26 Å². The highest BCUT2D eigenvalue weighted by molar-refractivity contribution is 6.30. The topological polar surface area (TPSA) is 62.1 Å². The summed E-state index contributed by atoms with van der Waals surface area (Å²) in [6, 6.07) is 12.3. The van der Waals surface area contributed by atoms with Crippen molar-refractivity contribution in [3.8, 4) is 11.8 Å². The zero-order valence-electron chi connectivity index (χ0n) is 17.1. The molecule has 0 saturated heterocycles. The van der Waals surface area contributed by atoms with Gasteiger partial charge in [-0.1, -0.05) is 50.6 Å². The summed E-state index contributed by atoms with van der Waals surface area (Å²) in [5.74, 6) is -0.434. The van der Waals surface area contributed by atoms with Gasteiger partial charge in [-0.25, -0.2) is 4.39 Å². The molecule has 4 nitrogen and oxygen atoms in total. The van der Waals surface area contributed by atoms with Crippen molar-refractivity contribution >= 4 is 29.3 Å². The van der Waals surface area contributed by atoms with Gasteiger partial charge in [0.1, 0.15) is 23.2 Å². The lowest BCUT2D eigenvalue weighted by Crippen LogP contribution is -2.13. The SMILES string of the molecule is CCCCCCCCOc1ccc(Cl)cc1/C=C(\C#N)C(=O)Nc1ccc(F)cc1. The van der Waals surface area contributed by atoms with Gasteiger partial charge in [-0.15, -0.1) is 0 Å². The molecule has 158 valence electrons. The zero-order valence-corrected chi connectivity index (χ0v) is 17.8. The van der Waals surface area contributed by atoms with Crippen molar-refractivity contribution in [1.82, 2.24) is 0 Å². The molecule has 0 spiro atoms. The molecule has 0 aromatic heterocycles. The molecule has 1 amide bonds. The number of carbonyl (C=O) groups is 1. The van der Waals surface area contributed by atoms with E-state index in [-0.39, 0.29) is 5.57 Å². The third-order valence-corrected chi connectivity index (χ3v) is 4.73. The maximum Gasteiger partial charge on any atom is 0.266 e. The van der Waals surface area contributed by atoms with E-state index < -0.39 is 11.7 Å². The average molecular weight is 429 g/mol. The summed E-state index contributed by atoms with van der Waals surface area (Å²) in [7, 11) is 0. The molecule has 6 heteroatoms. The highest BCUT2D eigenvalue weighted by Gasteiger charge is 2.12. The summed E-state index contributed by atoms with van der Waals surface area (Å²) in [6.07, 6.45) is 8.37. The Bertz CT molecular complexity index is 904. The van der Waals surface area contributed by atoms with E-state index in [0.717, 1.165) is 12.8 Å². The number of ether oxygens (including phenoxy) is 1. The molecule has 0 aliphatic rings. The lowest BCUT2D eigenvalue weighted by molar-refractivity contribution is -0.112. The quantitative estimate of drug-likeness (QED) is 0.244. The molecule has 0 saturated carbocycles. The Morgan fingerprint density at radius 3 is 2.53 bits per heavy atom. The third-order valence-electron chi connectivity index (χ3n) is 4.49. The summed E-state index contributed by atoms with van der Waals surface area (Å²) < 4.78 is 18.9. The summed E-state index contributed by atoms with van der Waals surface area (Å²) in [5.41, 5.74) is 0.846. The largest absolute Gasteiger partial charge is 0.493 e. The third kappa shape index (κ3) is 7.88. The van der Waals surface area contributed by atoms with Crippen LogP contribution in [0.1, 0.15) is 51.0 Å². The number of unbranched alkanes of at least 4 members (excludes halogenated alkanes) is 5. The first-order chi connectivity index (χ1) is 14.5. The fourth-order valence-electron chi connectivity index (χ4n) is 2.86. The predicted octanol–water partition coefficient (Wildman–Crippen LogP) is 6.76. The van der Waals surface area contributed by atoms with E-state index >= 15 is 0 Å². The summed E-state index contributed by atoms with van der Waals surface area (Å²) in [5, 5.41) is 12.5. The lowest BCUT2D eigenvalue weighted by atomic mass is 10.1. The minimum atomic E-state index is -0.592. The number of amides is 1. The van der Waals surface area contributed by atoms with Crippen LogP contribution in [0.5, 0.6) is 5.75 Å². The van der Waals surface area contributed by atoms with Crippen molar-refractivity contribution in [3.05, 3.63) is 64.4 Å². The van der Waals surface area contributed by atoms with Gasteiger partial charge in [0, 0.05) is 16.3 Å². The Balaban J connectivity index is 2.05. The Kier molecular flexibility index (Phi) is 9.90. The smallest absolute Gasteiger partial charge is 0.266 e. The predicted molar refractivity (Wildman–Crippen MR) is 119 cm³/mol. The molecular formula is C24H26ClFN2O2. The van der Waals surface area contributed by atoms with Crippen LogP contribution in [0, 0.1) is 17.1 Å². The summed E-state index contributed by atoms with van der Waals surface area (Å²) in [6.45, 7) is 2.74. The first kappa shape index (κ1) is 23.4. The molecule has 0 fully saturated rings. The molecule has 0 heterocycles. The first-order valence-corrected chi connectivity index (χ1v) is 10.5. The fourth-order valence-corrected chi connectivity index (χ4v) is 3.04. The van der Waals surface area contributed by atoms with Crippen LogP contribution in [0.15, 0.2) is 48.0 Å². The summed E-state index contributed by atoms with van der Waals surface area (Å²) in [4.78, 5) is 12.4. The Morgan fingerprint density at radius 2 is 1.83 bits per heavy atom. The van der Waals surface area contributed by atoms with Crippen molar-refractivity contribution in [2.45, 2.75) is 45.4 Å². The number of anilines is 1. The van der Waals surface area contributed by atoms with Crippen LogP contribution < -0.4 is 10.1 Å². The van der Waals surface area contributed by atoms with E-state index in [4.69, 9.17) is 16.3 Å². The van der Waals surface area contributed by atoms with E-state index in [9.17, 15) is 14.4 Å². The van der Waals surface area contributed by atoms with Crippen LogP contribution in [-0.4, -0.2) is 12.5 Å². The van der Waals surface area contributed by atoms with Gasteiger partial charge in [0.05, 0.1) is 6.61 Å². The van der Waals surface area contributed by atoms with E-state index in [1.165, 1.54) is 56.0 Å². The molecule has 1 N–H and O–H groups in total. The van der Waals surface area contributed by atoms with Gasteiger partial charge in [0.2, 0.25) is 0 Å². The number of hydrogen-bond acceptors (Lipinski definition) is 3. The van der Waals surface area contributed by atoms with Crippen LogP contribution in [-0.2, 0) is 4.79 Å². The van der Waals surface area contributed by atoms with E-state index in [1.54, 1.807) is 18.2 Å². The molecular weight excluding hydrogens is 403 g/mol. The van der Waals surface area contributed by atoms with Gasteiger partial charge in [0.15, 0.2) is 0 Å². The lowest BCUT2D eigenvalue weighted by Gasteiger charge is -2.10. The molecule has 0 atom stereocenters. The van der Waals surface area contributed by atoms with Crippen molar-refractivity contribution in [3.63, 3.8) is 0 Å². The second-order valence-corrected chi connectivity index (χ2v) is 7.37. The zero-order chi connectivity index (χ0) is 21.8. The van der Waals surface area contributed by atoms with Gasteiger partial charge >= 0.3 is 0 Å². The van der Waals surface area contributed by atoms with Crippen molar-refractivity contribution in [1.29, 1.82) is 5.26 Å². The highest BCUT2D eigenvalue weighted by Crippen LogP contribution is 2.26. The first-order valence-electron chi connectivity index (χ1n) is 10.1. The number of rotatable bonds is 11. The monoisotopic (exact) mass is 428 g/mol. The number of hydrogen-bond donors (Lipinski definition) is 1. The van der Waals surface area contributed by atoms with E-state index in [2.05, 4.69) is 12.2 Å². The second-order valence-electron chi connectivity index (χ2n) is 6.93. The normalized spacial score (nSPS) is 11.1. The Labute approximate surface area is 182 Å². The Morgan fingerprint density at radius 1 is 1.13 bits per heavy atom. The van der Waals surface area contributed by atoms with Crippen molar-refractivity contribution in [2.75, 3.05) is 11.9 Å². The highest BCUT2D eigenvalue weighted by atomic mass is 35.5. The molecule has 2 rings (SSSR count). The van der Waals surface area contributed by atoms with Crippen LogP contribution >= 0.6 is 11.6 Å². The van der Waals surface area contributed by atoms with Crippen LogP contribution in [0.25, 0.3) is 6.08 Å². The molecule has 0 aliphatic heterocycles. The molecule has 2 aromatic carbocycles. The van der Waals surface area contributed by atoms with Crippen LogP contribution in [0.3, 0.4) is 0 Å². The number of carbonyl (C=O) groups excluding carboxylic acids is 1. The molecule has 0 radical (unpaired) electrons. The number of nitriles is 1. The van der Waals surface area contributed by atoms with Crippen molar-refractivity contribution in [2.24, 2.45) is 0 Å². The maximum absolute atomic E-state index is 13.0. The van der Waals surface area contributed by atoms with Gasteiger partial charge in [-0.3, -0.25) is 4.79 Å². The fraction of sp³-hybridized carbons (Fsp3) is 0.333. The molecule has 2 aromatic rings. The number of nitrogens with one attached hydrogen (secondary N) is 1. The Hall–Kier alpha value is -2.84. The van der Waals surface area contributed by atoms with Crippen LogP contribution in [0.4, 0.5) is 10.1 Å². The van der Waals surface area contributed by atoms with Gasteiger partial charge in [-0.05, 0) is 55.0 Å². The molecule has 0 aliphatic carbocycles.